The predicted molar refractivity (Wildman–Crippen MR) is 84.1 cm³/mol. The fourth-order valence-electron chi connectivity index (χ4n) is 3.05. The summed E-state index contributed by atoms with van der Waals surface area (Å²) in [5.41, 5.74) is 0. The lowest BCUT2D eigenvalue weighted by atomic mass is 9.96. The first-order valence-electron chi connectivity index (χ1n) is 8.39. The van der Waals surface area contributed by atoms with E-state index in [9.17, 15) is 9.90 Å². The van der Waals surface area contributed by atoms with Gasteiger partial charge in [0.2, 0.25) is 5.91 Å². The zero-order valence-corrected chi connectivity index (χ0v) is 13.6. The summed E-state index contributed by atoms with van der Waals surface area (Å²) in [6.45, 7) is 7.03. The van der Waals surface area contributed by atoms with Crippen molar-refractivity contribution in [3.05, 3.63) is 0 Å². The molecule has 2 rings (SSSR count). The molecule has 5 nitrogen and oxygen atoms in total. The number of hydrogen-bond acceptors (Lipinski definition) is 4. The van der Waals surface area contributed by atoms with Crippen molar-refractivity contribution >= 4 is 5.91 Å². The van der Waals surface area contributed by atoms with Crippen molar-refractivity contribution in [2.24, 2.45) is 11.8 Å². The third-order valence-corrected chi connectivity index (χ3v) is 4.59. The summed E-state index contributed by atoms with van der Waals surface area (Å²) >= 11 is 0. The molecule has 1 unspecified atom stereocenters. The lowest BCUT2D eigenvalue weighted by molar-refractivity contribution is -0.129. The van der Waals surface area contributed by atoms with Gasteiger partial charge >= 0.3 is 0 Å². The second kappa shape index (κ2) is 8.11. The fraction of sp³-hybridized carbons (Fsp3) is 0.938. The minimum absolute atomic E-state index is 0.210. The highest BCUT2D eigenvalue weighted by atomic mass is 16.3. The maximum absolute atomic E-state index is 12.0. The van der Waals surface area contributed by atoms with Crippen LogP contribution < -0.4 is 5.32 Å². The average molecular weight is 297 g/mol. The molecule has 0 radical (unpaired) electrons. The third-order valence-electron chi connectivity index (χ3n) is 4.59. The van der Waals surface area contributed by atoms with E-state index in [2.05, 4.69) is 10.2 Å². The maximum Gasteiger partial charge on any atom is 0.236 e. The zero-order chi connectivity index (χ0) is 15.2. The van der Waals surface area contributed by atoms with Gasteiger partial charge in [-0.1, -0.05) is 0 Å². The third kappa shape index (κ3) is 6.32. The quantitative estimate of drug-likeness (QED) is 0.686. The highest BCUT2D eigenvalue weighted by Gasteiger charge is 2.23. The molecule has 1 atom stereocenters. The van der Waals surface area contributed by atoms with E-state index in [1.165, 1.54) is 12.8 Å². The van der Waals surface area contributed by atoms with Gasteiger partial charge in [0.25, 0.3) is 0 Å². The number of likely N-dealkylation sites (N-methyl/N-ethyl adjacent to an activating group) is 1. The van der Waals surface area contributed by atoms with Crippen LogP contribution in [0.25, 0.3) is 0 Å². The van der Waals surface area contributed by atoms with E-state index in [0.29, 0.717) is 12.5 Å². The molecule has 1 amide bonds. The summed E-state index contributed by atoms with van der Waals surface area (Å²) in [6.07, 6.45) is 4.65. The van der Waals surface area contributed by atoms with E-state index in [1.807, 2.05) is 18.9 Å². The molecular weight excluding hydrogens is 266 g/mol. The topological polar surface area (TPSA) is 55.8 Å². The van der Waals surface area contributed by atoms with Crippen LogP contribution in [0.2, 0.25) is 0 Å². The van der Waals surface area contributed by atoms with Crippen molar-refractivity contribution in [3.63, 3.8) is 0 Å². The van der Waals surface area contributed by atoms with Crippen LogP contribution in [0.4, 0.5) is 0 Å². The highest BCUT2D eigenvalue weighted by Crippen LogP contribution is 2.27. The number of hydrogen-bond donors (Lipinski definition) is 2. The van der Waals surface area contributed by atoms with Crippen LogP contribution in [0.3, 0.4) is 0 Å². The molecule has 0 aromatic carbocycles. The zero-order valence-electron chi connectivity index (χ0n) is 13.6. The summed E-state index contributed by atoms with van der Waals surface area (Å²) in [4.78, 5) is 16.3. The Labute approximate surface area is 128 Å². The molecule has 1 aliphatic carbocycles. The van der Waals surface area contributed by atoms with Gasteiger partial charge in [-0.2, -0.15) is 0 Å². The number of carbonyl (C=O) groups is 1. The summed E-state index contributed by atoms with van der Waals surface area (Å²) < 4.78 is 0. The van der Waals surface area contributed by atoms with Gasteiger partial charge in [0.1, 0.15) is 0 Å². The van der Waals surface area contributed by atoms with Gasteiger partial charge in [0.15, 0.2) is 0 Å². The van der Waals surface area contributed by atoms with Gasteiger partial charge in [-0.25, -0.2) is 0 Å². The van der Waals surface area contributed by atoms with Crippen LogP contribution >= 0.6 is 0 Å². The Kier molecular flexibility index (Phi) is 6.45. The largest absolute Gasteiger partial charge is 0.392 e. The van der Waals surface area contributed by atoms with E-state index in [1.54, 1.807) is 0 Å². The number of aliphatic hydroxyl groups excluding tert-OH is 1. The van der Waals surface area contributed by atoms with E-state index in [-0.39, 0.29) is 12.0 Å². The van der Waals surface area contributed by atoms with Gasteiger partial charge < -0.3 is 20.2 Å². The molecule has 0 aromatic heterocycles. The van der Waals surface area contributed by atoms with Crippen molar-refractivity contribution < 1.29 is 9.90 Å². The second-order valence-electron chi connectivity index (χ2n) is 6.94. The minimum atomic E-state index is -0.247. The van der Waals surface area contributed by atoms with Gasteiger partial charge in [-0.3, -0.25) is 4.79 Å². The van der Waals surface area contributed by atoms with Crippen molar-refractivity contribution in [3.8, 4) is 0 Å². The van der Waals surface area contributed by atoms with Crippen LogP contribution in [0.1, 0.15) is 32.6 Å². The Morgan fingerprint density at radius 3 is 2.52 bits per heavy atom. The molecule has 1 saturated carbocycles. The highest BCUT2D eigenvalue weighted by molar-refractivity contribution is 5.77. The lowest BCUT2D eigenvalue weighted by Crippen LogP contribution is -2.43. The predicted octanol–water partition coefficient (Wildman–Crippen LogP) is 0.537. The summed E-state index contributed by atoms with van der Waals surface area (Å²) in [5.74, 6) is 1.64. The van der Waals surface area contributed by atoms with E-state index < -0.39 is 0 Å². The van der Waals surface area contributed by atoms with Crippen LogP contribution in [0, 0.1) is 11.8 Å². The van der Waals surface area contributed by atoms with Crippen molar-refractivity contribution in [1.29, 1.82) is 0 Å². The summed E-state index contributed by atoms with van der Waals surface area (Å²) in [7, 11) is 1.92. The van der Waals surface area contributed by atoms with Crippen LogP contribution in [-0.4, -0.2) is 73.2 Å². The molecular formula is C16H31N3O2. The number of likely N-dealkylation sites (tertiary alicyclic amines) is 1. The molecule has 0 bridgehead atoms. The fourth-order valence-corrected chi connectivity index (χ4v) is 3.05. The molecule has 1 heterocycles. The Balaban J connectivity index is 1.59. The van der Waals surface area contributed by atoms with Crippen LogP contribution in [0.5, 0.6) is 0 Å². The molecule has 0 spiro atoms. The summed E-state index contributed by atoms with van der Waals surface area (Å²) in [6, 6.07) is 0. The van der Waals surface area contributed by atoms with Gasteiger partial charge in [0, 0.05) is 20.1 Å². The molecule has 21 heavy (non-hydrogen) atoms. The Bertz CT molecular complexity index is 323. The first-order valence-corrected chi connectivity index (χ1v) is 8.39. The molecule has 2 N–H and O–H groups in total. The number of carbonyl (C=O) groups excluding carboxylic acids is 1. The number of rotatable bonds is 8. The van der Waals surface area contributed by atoms with Crippen LogP contribution in [-0.2, 0) is 4.79 Å². The first kappa shape index (κ1) is 16.7. The number of piperidine rings is 1. The maximum atomic E-state index is 12.0. The van der Waals surface area contributed by atoms with Gasteiger partial charge in [-0.05, 0) is 64.1 Å². The van der Waals surface area contributed by atoms with E-state index in [0.717, 1.165) is 51.5 Å². The number of nitrogens with zero attached hydrogens (tertiary/aromatic N) is 2. The van der Waals surface area contributed by atoms with Crippen molar-refractivity contribution in [1.82, 2.24) is 15.1 Å². The minimum Gasteiger partial charge on any atom is -0.392 e. The Morgan fingerprint density at radius 1 is 1.29 bits per heavy atom. The molecule has 5 heteroatoms. The van der Waals surface area contributed by atoms with E-state index in [4.69, 9.17) is 0 Å². The molecule has 2 fully saturated rings. The number of β-amino-alcohol motifs (C(OH)–C–C–N with tert-alkyl or cyclic N) is 1. The normalized spacial score (nSPS) is 22.2. The molecule has 1 aliphatic heterocycles. The summed E-state index contributed by atoms with van der Waals surface area (Å²) in [5, 5.41) is 12.7. The van der Waals surface area contributed by atoms with E-state index >= 15 is 0 Å². The average Bonchev–Trinajstić information content (AvgIpc) is 3.24. The van der Waals surface area contributed by atoms with Gasteiger partial charge in [0.05, 0.1) is 12.6 Å². The standard InChI is InChI=1S/C16H31N3O2/c1-13(20)11-19-7-5-15(6-8-19)12-18(2)16(21)10-17-9-14-3-4-14/h13-15,17,20H,3-12H2,1-2H3. The Hall–Kier alpha value is -0.650. The van der Waals surface area contributed by atoms with Gasteiger partial charge in [-0.15, -0.1) is 0 Å². The molecule has 0 aromatic rings. The van der Waals surface area contributed by atoms with Crippen LogP contribution in [0.15, 0.2) is 0 Å². The number of amides is 1. The second-order valence-corrected chi connectivity index (χ2v) is 6.94. The lowest BCUT2D eigenvalue weighted by Gasteiger charge is -2.34. The SMILES string of the molecule is CC(O)CN1CCC(CN(C)C(=O)CNCC2CC2)CC1. The molecule has 2 aliphatic rings. The monoisotopic (exact) mass is 297 g/mol. The van der Waals surface area contributed by atoms with Crippen molar-refractivity contribution in [2.45, 2.75) is 38.7 Å². The first-order chi connectivity index (χ1) is 10.0. The number of aliphatic hydroxyl groups is 1. The Morgan fingerprint density at radius 2 is 1.95 bits per heavy atom. The van der Waals surface area contributed by atoms with Crippen molar-refractivity contribution in [2.75, 3.05) is 46.3 Å². The number of nitrogens with one attached hydrogen (secondary N) is 1. The molecule has 1 saturated heterocycles. The smallest absolute Gasteiger partial charge is 0.236 e. The molecule has 122 valence electrons.